The van der Waals surface area contributed by atoms with Crippen molar-refractivity contribution in [1.82, 2.24) is 10.2 Å². The van der Waals surface area contributed by atoms with Crippen molar-refractivity contribution in [3.63, 3.8) is 0 Å². The fraction of sp³-hybridized carbons (Fsp3) is 0.941. The molecule has 118 valence electrons. The second-order valence-electron chi connectivity index (χ2n) is 6.18. The maximum Gasteiger partial charge on any atom is 0.239 e. The van der Waals surface area contributed by atoms with Crippen molar-refractivity contribution in [3.8, 4) is 0 Å². The molecule has 1 unspecified atom stereocenters. The van der Waals surface area contributed by atoms with Gasteiger partial charge < -0.3 is 10.2 Å². The molecule has 0 aromatic rings. The molecule has 1 atom stereocenters. The summed E-state index contributed by atoms with van der Waals surface area (Å²) in [6, 6.07) is -0.0104. The van der Waals surface area contributed by atoms with Crippen molar-refractivity contribution in [3.05, 3.63) is 0 Å². The zero-order valence-electron chi connectivity index (χ0n) is 13.6. The highest BCUT2D eigenvalue weighted by atomic mass is 16.2. The molecule has 0 spiro atoms. The van der Waals surface area contributed by atoms with Gasteiger partial charge >= 0.3 is 0 Å². The zero-order chi connectivity index (χ0) is 14.6. The first kappa shape index (κ1) is 17.5. The van der Waals surface area contributed by atoms with Crippen LogP contribution in [0.1, 0.15) is 78.1 Å². The molecule has 0 aromatic carbocycles. The number of nitrogens with zero attached hydrogens (tertiary/aromatic N) is 1. The predicted molar refractivity (Wildman–Crippen MR) is 85.9 cm³/mol. The summed E-state index contributed by atoms with van der Waals surface area (Å²) in [5, 5.41) is 3.40. The molecule has 0 bridgehead atoms. The molecule has 1 heterocycles. The Morgan fingerprint density at radius 1 is 1.00 bits per heavy atom. The Bertz CT molecular complexity index is 247. The molecule has 3 heteroatoms. The van der Waals surface area contributed by atoms with Gasteiger partial charge in [-0.1, -0.05) is 51.9 Å². The lowest BCUT2D eigenvalue weighted by molar-refractivity contribution is -0.133. The van der Waals surface area contributed by atoms with Crippen LogP contribution in [0, 0.1) is 0 Å². The minimum Gasteiger partial charge on any atom is -0.341 e. The molecule has 20 heavy (non-hydrogen) atoms. The molecule has 3 nitrogen and oxygen atoms in total. The molecule has 1 rings (SSSR count). The Balaban J connectivity index is 2.08. The Morgan fingerprint density at radius 2 is 1.60 bits per heavy atom. The molecule has 1 amide bonds. The second-order valence-corrected chi connectivity index (χ2v) is 6.18. The van der Waals surface area contributed by atoms with Gasteiger partial charge in [-0.3, -0.25) is 4.79 Å². The number of hydrogen-bond acceptors (Lipinski definition) is 2. The molecule has 0 saturated carbocycles. The van der Waals surface area contributed by atoms with Crippen LogP contribution in [0.15, 0.2) is 0 Å². The number of rotatable bonds is 9. The molecule has 1 saturated heterocycles. The maximum atomic E-state index is 12.3. The van der Waals surface area contributed by atoms with Gasteiger partial charge in [0.05, 0.1) is 6.04 Å². The van der Waals surface area contributed by atoms with Gasteiger partial charge in [0.15, 0.2) is 0 Å². The van der Waals surface area contributed by atoms with Gasteiger partial charge in [0.25, 0.3) is 0 Å². The van der Waals surface area contributed by atoms with Crippen LogP contribution in [-0.2, 0) is 4.79 Å². The van der Waals surface area contributed by atoms with E-state index in [1.165, 1.54) is 64.2 Å². The average Bonchev–Trinajstić information content (AvgIpc) is 2.74. The van der Waals surface area contributed by atoms with Crippen LogP contribution in [0.5, 0.6) is 0 Å². The minimum atomic E-state index is -0.0104. The van der Waals surface area contributed by atoms with Gasteiger partial charge in [0.1, 0.15) is 0 Å². The summed E-state index contributed by atoms with van der Waals surface area (Å²) in [7, 11) is 0. The van der Waals surface area contributed by atoms with Crippen molar-refractivity contribution >= 4 is 5.91 Å². The SMILES string of the molecule is CCCCCCCCNC(C)C(=O)N1CCCCCC1. The molecule has 1 aliphatic rings. The van der Waals surface area contributed by atoms with E-state index in [0.29, 0.717) is 5.91 Å². The summed E-state index contributed by atoms with van der Waals surface area (Å²) in [6.45, 7) is 7.17. The smallest absolute Gasteiger partial charge is 0.239 e. The largest absolute Gasteiger partial charge is 0.341 e. The van der Waals surface area contributed by atoms with Gasteiger partial charge in [0, 0.05) is 13.1 Å². The van der Waals surface area contributed by atoms with Crippen LogP contribution in [0.3, 0.4) is 0 Å². The predicted octanol–water partition coefficient (Wildman–Crippen LogP) is 3.73. The van der Waals surface area contributed by atoms with Gasteiger partial charge in [-0.25, -0.2) is 0 Å². The standard InChI is InChI=1S/C17H34N2O/c1-3-4-5-6-7-10-13-18-16(2)17(20)19-14-11-8-9-12-15-19/h16,18H,3-15H2,1-2H3. The molecule has 0 aromatic heterocycles. The van der Waals surface area contributed by atoms with Gasteiger partial charge in [-0.05, 0) is 32.7 Å². The van der Waals surface area contributed by atoms with Crippen molar-refractivity contribution in [2.45, 2.75) is 84.1 Å². The second kappa shape index (κ2) is 11.1. The van der Waals surface area contributed by atoms with Gasteiger partial charge in [0.2, 0.25) is 5.91 Å². The number of carbonyl (C=O) groups excluding carboxylic acids is 1. The first-order valence-corrected chi connectivity index (χ1v) is 8.78. The van der Waals surface area contributed by atoms with Crippen molar-refractivity contribution < 1.29 is 4.79 Å². The molecule has 0 aliphatic carbocycles. The Kier molecular flexibility index (Phi) is 9.73. The van der Waals surface area contributed by atoms with E-state index < -0.39 is 0 Å². The van der Waals surface area contributed by atoms with Crippen LogP contribution < -0.4 is 5.32 Å². The third kappa shape index (κ3) is 7.28. The lowest BCUT2D eigenvalue weighted by atomic mass is 10.1. The minimum absolute atomic E-state index is 0.0104. The van der Waals surface area contributed by atoms with E-state index in [0.717, 1.165) is 19.6 Å². The number of amides is 1. The van der Waals surface area contributed by atoms with E-state index in [4.69, 9.17) is 0 Å². The fourth-order valence-corrected chi connectivity index (χ4v) is 2.88. The molecule has 1 aliphatic heterocycles. The van der Waals surface area contributed by atoms with Gasteiger partial charge in [-0.15, -0.1) is 0 Å². The molecule has 1 fully saturated rings. The van der Waals surface area contributed by atoms with E-state index in [1.807, 2.05) is 6.92 Å². The number of likely N-dealkylation sites (tertiary alicyclic amines) is 1. The van der Waals surface area contributed by atoms with Crippen LogP contribution in [0.4, 0.5) is 0 Å². The lowest BCUT2D eigenvalue weighted by Gasteiger charge is -2.24. The highest BCUT2D eigenvalue weighted by Crippen LogP contribution is 2.11. The topological polar surface area (TPSA) is 32.3 Å². The number of unbranched alkanes of at least 4 members (excludes halogenated alkanes) is 5. The van der Waals surface area contributed by atoms with Crippen molar-refractivity contribution in [2.75, 3.05) is 19.6 Å². The van der Waals surface area contributed by atoms with E-state index >= 15 is 0 Å². The third-order valence-electron chi connectivity index (χ3n) is 4.27. The van der Waals surface area contributed by atoms with Crippen molar-refractivity contribution in [2.24, 2.45) is 0 Å². The normalized spacial score (nSPS) is 17.8. The summed E-state index contributed by atoms with van der Waals surface area (Å²) in [5.74, 6) is 0.304. The number of nitrogens with one attached hydrogen (secondary N) is 1. The fourth-order valence-electron chi connectivity index (χ4n) is 2.88. The first-order chi connectivity index (χ1) is 9.75. The quantitative estimate of drug-likeness (QED) is 0.654. The number of carbonyl (C=O) groups is 1. The highest BCUT2D eigenvalue weighted by molar-refractivity contribution is 5.81. The van der Waals surface area contributed by atoms with E-state index in [2.05, 4.69) is 17.1 Å². The third-order valence-corrected chi connectivity index (χ3v) is 4.27. The summed E-state index contributed by atoms with van der Waals surface area (Å²) < 4.78 is 0. The summed E-state index contributed by atoms with van der Waals surface area (Å²) in [6.07, 6.45) is 12.8. The van der Waals surface area contributed by atoms with Crippen LogP contribution >= 0.6 is 0 Å². The Labute approximate surface area is 125 Å². The van der Waals surface area contributed by atoms with E-state index in [1.54, 1.807) is 0 Å². The van der Waals surface area contributed by atoms with Crippen LogP contribution in [0.2, 0.25) is 0 Å². The lowest BCUT2D eigenvalue weighted by Crippen LogP contribution is -2.45. The highest BCUT2D eigenvalue weighted by Gasteiger charge is 2.20. The Morgan fingerprint density at radius 3 is 2.25 bits per heavy atom. The molecule has 0 radical (unpaired) electrons. The van der Waals surface area contributed by atoms with Crippen LogP contribution in [-0.4, -0.2) is 36.5 Å². The van der Waals surface area contributed by atoms with Crippen molar-refractivity contribution in [1.29, 1.82) is 0 Å². The summed E-state index contributed by atoms with van der Waals surface area (Å²) in [4.78, 5) is 14.4. The van der Waals surface area contributed by atoms with Gasteiger partial charge in [-0.2, -0.15) is 0 Å². The van der Waals surface area contributed by atoms with E-state index in [-0.39, 0.29) is 6.04 Å². The molecular formula is C17H34N2O. The first-order valence-electron chi connectivity index (χ1n) is 8.78. The monoisotopic (exact) mass is 282 g/mol. The van der Waals surface area contributed by atoms with E-state index in [9.17, 15) is 4.79 Å². The molecule has 1 N–H and O–H groups in total. The Hall–Kier alpha value is -0.570. The zero-order valence-corrected chi connectivity index (χ0v) is 13.6. The number of hydrogen-bond donors (Lipinski definition) is 1. The van der Waals surface area contributed by atoms with Crippen LogP contribution in [0.25, 0.3) is 0 Å². The maximum absolute atomic E-state index is 12.3. The average molecular weight is 282 g/mol. The molecular weight excluding hydrogens is 248 g/mol. The summed E-state index contributed by atoms with van der Waals surface area (Å²) in [5.41, 5.74) is 0. The summed E-state index contributed by atoms with van der Waals surface area (Å²) >= 11 is 0.